The summed E-state index contributed by atoms with van der Waals surface area (Å²) in [4.78, 5) is 16.2. The van der Waals surface area contributed by atoms with Crippen LogP contribution in [0.15, 0.2) is 0 Å². The quantitative estimate of drug-likeness (QED) is 0.332. The molecule has 13 heteroatoms. The number of fused-ring (bicyclic) bond motifs is 6. The van der Waals surface area contributed by atoms with Crippen LogP contribution in [-0.4, -0.2) is 143 Å². The lowest BCUT2D eigenvalue weighted by Crippen LogP contribution is -2.78. The Kier molecular flexibility index (Phi) is 11.5. The first-order valence-corrected chi connectivity index (χ1v) is 18.6. The number of esters is 1. The third-order valence-corrected chi connectivity index (χ3v) is 12.8. The van der Waals surface area contributed by atoms with Gasteiger partial charge in [-0.05, 0) is 87.7 Å². The van der Waals surface area contributed by atoms with E-state index in [1.165, 1.54) is 0 Å². The first-order chi connectivity index (χ1) is 23.2. The highest BCUT2D eigenvalue weighted by Gasteiger charge is 2.70. The molecule has 6 aliphatic rings. The molecule has 6 rings (SSSR count). The molecule has 6 saturated heterocycles. The van der Waals surface area contributed by atoms with Gasteiger partial charge in [0, 0.05) is 25.5 Å². The molecule has 50 heavy (non-hydrogen) atoms. The zero-order chi connectivity index (χ0) is 37.3. The highest BCUT2D eigenvalue weighted by molar-refractivity contribution is 5.73. The van der Waals surface area contributed by atoms with E-state index in [2.05, 4.69) is 6.92 Å². The summed E-state index contributed by atoms with van der Waals surface area (Å²) in [6.07, 6.45) is -6.57. The molecule has 4 bridgehead atoms. The van der Waals surface area contributed by atoms with Crippen molar-refractivity contribution in [1.29, 1.82) is 0 Å². The summed E-state index contributed by atoms with van der Waals surface area (Å²) in [5.41, 5.74) is -4.16. The van der Waals surface area contributed by atoms with Crippen LogP contribution in [0, 0.1) is 17.8 Å². The Morgan fingerprint density at radius 1 is 0.940 bits per heavy atom. The maximum absolute atomic E-state index is 14.2. The van der Waals surface area contributed by atoms with Crippen LogP contribution in [0.4, 0.5) is 0 Å². The molecule has 6 heterocycles. The maximum Gasteiger partial charge on any atom is 0.311 e. The predicted octanol–water partition coefficient (Wildman–Crippen LogP) is 2.78. The molecule has 3 N–H and O–H groups in total. The summed E-state index contributed by atoms with van der Waals surface area (Å²) in [7, 11) is 5.39. The van der Waals surface area contributed by atoms with Crippen LogP contribution in [0.25, 0.3) is 0 Å². The van der Waals surface area contributed by atoms with Crippen molar-refractivity contribution >= 4 is 5.97 Å². The molecule has 6 fully saturated rings. The monoisotopic (exact) mass is 715 g/mol. The summed E-state index contributed by atoms with van der Waals surface area (Å²) in [5.74, 6) is -1.97. The number of ether oxygens (including phenoxy) is 8. The second kappa shape index (κ2) is 14.4. The van der Waals surface area contributed by atoms with Crippen molar-refractivity contribution in [1.82, 2.24) is 4.90 Å². The van der Waals surface area contributed by atoms with Gasteiger partial charge in [0.2, 0.25) is 0 Å². The third-order valence-electron chi connectivity index (χ3n) is 12.8. The van der Waals surface area contributed by atoms with Crippen LogP contribution in [0.2, 0.25) is 0 Å². The molecule has 0 amide bonds. The molecule has 290 valence electrons. The fourth-order valence-electron chi connectivity index (χ4n) is 9.87. The van der Waals surface area contributed by atoms with E-state index in [0.717, 1.165) is 0 Å². The van der Waals surface area contributed by atoms with E-state index in [9.17, 15) is 20.1 Å². The Morgan fingerprint density at radius 2 is 1.60 bits per heavy atom. The van der Waals surface area contributed by atoms with Gasteiger partial charge in [-0.1, -0.05) is 20.8 Å². The zero-order valence-electron chi connectivity index (χ0n) is 32.5. The fraction of sp³-hybridized carbons (Fsp3) is 0.973. The first-order valence-electron chi connectivity index (χ1n) is 18.6. The van der Waals surface area contributed by atoms with E-state index in [4.69, 9.17) is 37.9 Å². The number of nitrogens with zero attached hydrogens (tertiary/aromatic N) is 1. The summed E-state index contributed by atoms with van der Waals surface area (Å²) < 4.78 is 51.8. The molecule has 0 aromatic heterocycles. The molecule has 0 saturated carbocycles. The molecule has 6 aliphatic heterocycles. The number of aliphatic hydroxyl groups is 3. The standard InChI is InChI=1S/C37H65NO12/c1-14-24-36(9)33(42)37(10,50-36)29-18(2)16-35(8,49-29)30(48-32-26(39)23(38(11)12)15-19(3)44-32)20(4)27(21(5)31(41)46-24)47-25-17-34(7,43-13)28(40)22(6)45-25/h18-30,32-33,39-40,42H,14-17H2,1-13H3/t18-,19-,20+,21-,22+,23+,24+,25-,26+,27-,28-,29-,30+,32+,33+,34+,35-,36-,37-/m1/s1. The fourth-order valence-corrected chi connectivity index (χ4v) is 9.87. The van der Waals surface area contributed by atoms with Crippen molar-refractivity contribution in [3.8, 4) is 0 Å². The smallest absolute Gasteiger partial charge is 0.311 e. The Balaban J connectivity index is 1.59. The van der Waals surface area contributed by atoms with E-state index < -0.39 is 102 Å². The van der Waals surface area contributed by atoms with Crippen LogP contribution in [0.5, 0.6) is 0 Å². The molecule has 0 aliphatic carbocycles. The van der Waals surface area contributed by atoms with Crippen molar-refractivity contribution in [2.24, 2.45) is 17.8 Å². The van der Waals surface area contributed by atoms with Gasteiger partial charge >= 0.3 is 5.97 Å². The van der Waals surface area contributed by atoms with Crippen molar-refractivity contribution in [3.05, 3.63) is 0 Å². The largest absolute Gasteiger partial charge is 0.459 e. The van der Waals surface area contributed by atoms with E-state index in [0.29, 0.717) is 19.3 Å². The predicted molar refractivity (Wildman–Crippen MR) is 182 cm³/mol. The van der Waals surface area contributed by atoms with Gasteiger partial charge < -0.3 is 58.1 Å². The second-order valence-electron chi connectivity index (χ2n) is 17.1. The molecule has 0 spiro atoms. The molecule has 0 aromatic carbocycles. The molecule has 0 radical (unpaired) electrons. The minimum absolute atomic E-state index is 0.0538. The SMILES string of the molecule is CC[C@@H]1OC(=O)[C@H](C)[C@H](O[C@@H]2C[C@](C)(OC)[C@H](O)[C@H](C)O2)[C@H](C)[C@H](O[C@@H]2O[C@H](C)C[C@H](N(C)C)[C@@H]2O)[C@@]2(C)C[C@@H](C)[C@@H](O2)[C@@]2(C)O[C@@]1(C)[C@@H]2O. The van der Waals surface area contributed by atoms with E-state index >= 15 is 0 Å². The van der Waals surface area contributed by atoms with Crippen molar-refractivity contribution in [3.63, 3.8) is 0 Å². The molecule has 13 nitrogen and oxygen atoms in total. The van der Waals surface area contributed by atoms with Gasteiger partial charge in [0.05, 0.1) is 47.6 Å². The van der Waals surface area contributed by atoms with Crippen LogP contribution in [-0.2, 0) is 42.7 Å². The van der Waals surface area contributed by atoms with Gasteiger partial charge in [-0.25, -0.2) is 0 Å². The van der Waals surface area contributed by atoms with Gasteiger partial charge in [-0.15, -0.1) is 0 Å². The summed E-state index contributed by atoms with van der Waals surface area (Å²) >= 11 is 0. The highest BCUT2D eigenvalue weighted by Crippen LogP contribution is 2.55. The first kappa shape index (κ1) is 40.2. The number of methoxy groups -OCH3 is 1. The zero-order valence-corrected chi connectivity index (χ0v) is 32.5. The van der Waals surface area contributed by atoms with Gasteiger partial charge in [0.1, 0.15) is 35.6 Å². The van der Waals surface area contributed by atoms with Crippen molar-refractivity contribution in [2.45, 2.75) is 191 Å². The number of carbonyl (C=O) groups is 1. The van der Waals surface area contributed by atoms with Gasteiger partial charge in [0.15, 0.2) is 12.6 Å². The number of carbonyl (C=O) groups excluding carboxylic acids is 1. The van der Waals surface area contributed by atoms with Crippen LogP contribution in [0.1, 0.15) is 94.9 Å². The van der Waals surface area contributed by atoms with E-state index in [1.807, 2.05) is 60.5 Å². The molecule has 0 unspecified atom stereocenters. The number of likely N-dealkylation sites (N-methyl/N-ethyl adjacent to an activating group) is 1. The number of hydrogen-bond acceptors (Lipinski definition) is 13. The van der Waals surface area contributed by atoms with Crippen molar-refractivity contribution in [2.75, 3.05) is 21.2 Å². The Bertz CT molecular complexity index is 1210. The molecular weight excluding hydrogens is 650 g/mol. The summed E-state index contributed by atoms with van der Waals surface area (Å²) in [6.45, 7) is 18.8. The minimum atomic E-state index is -1.15. The Morgan fingerprint density at radius 3 is 2.18 bits per heavy atom. The molecule has 0 aromatic rings. The van der Waals surface area contributed by atoms with Crippen LogP contribution >= 0.6 is 0 Å². The summed E-state index contributed by atoms with van der Waals surface area (Å²) in [5, 5.41) is 34.4. The van der Waals surface area contributed by atoms with E-state index in [1.54, 1.807) is 27.9 Å². The van der Waals surface area contributed by atoms with Gasteiger partial charge in [-0.2, -0.15) is 0 Å². The highest BCUT2D eigenvalue weighted by atomic mass is 16.7. The van der Waals surface area contributed by atoms with Crippen molar-refractivity contribution < 1.29 is 58.0 Å². The average Bonchev–Trinajstić information content (AvgIpc) is 3.38. The third kappa shape index (κ3) is 6.80. The minimum Gasteiger partial charge on any atom is -0.459 e. The summed E-state index contributed by atoms with van der Waals surface area (Å²) in [6, 6.07) is -0.213. The normalized spacial score (nSPS) is 54.7. The molecular formula is C37H65NO12. The average molecular weight is 716 g/mol. The Labute approximate surface area is 298 Å². The van der Waals surface area contributed by atoms with Gasteiger partial charge in [0.25, 0.3) is 0 Å². The molecule has 19 atom stereocenters. The Hall–Kier alpha value is -0.970. The number of rotatable bonds is 7. The second-order valence-corrected chi connectivity index (χ2v) is 17.1. The van der Waals surface area contributed by atoms with E-state index in [-0.39, 0.29) is 24.5 Å². The lowest BCUT2D eigenvalue weighted by atomic mass is 9.69. The van der Waals surface area contributed by atoms with Crippen LogP contribution in [0.3, 0.4) is 0 Å². The topological polar surface area (TPSA) is 155 Å². The number of hydrogen-bond donors (Lipinski definition) is 3. The maximum atomic E-state index is 14.2. The van der Waals surface area contributed by atoms with Gasteiger partial charge in [-0.3, -0.25) is 4.79 Å². The number of aliphatic hydroxyl groups excluding tert-OH is 3. The van der Waals surface area contributed by atoms with Crippen LogP contribution < -0.4 is 0 Å². The lowest BCUT2D eigenvalue weighted by molar-refractivity contribution is -0.391. The lowest BCUT2D eigenvalue weighted by Gasteiger charge is -2.61.